The number of aryl methyl sites for hydroxylation is 1. The Morgan fingerprint density at radius 1 is 1.28 bits per heavy atom. The second-order valence-corrected chi connectivity index (χ2v) is 4.82. The molecule has 4 heteroatoms. The molecule has 0 aliphatic rings. The van der Waals surface area contributed by atoms with E-state index in [0.717, 1.165) is 18.7 Å². The standard InChI is InChI=1S/C14H25N3O/c1-10-8-14(18-5)12(3)11(2)13(10)6-7-17(4)9-16-15/h8,16H,6-7,9,15H2,1-5H3. The van der Waals surface area contributed by atoms with E-state index in [0.29, 0.717) is 6.67 Å². The summed E-state index contributed by atoms with van der Waals surface area (Å²) in [4.78, 5) is 2.17. The number of nitrogens with zero attached hydrogens (tertiary/aromatic N) is 1. The molecular formula is C14H25N3O. The molecular weight excluding hydrogens is 226 g/mol. The first-order valence-electron chi connectivity index (χ1n) is 6.27. The van der Waals surface area contributed by atoms with Crippen LogP contribution in [-0.2, 0) is 6.42 Å². The van der Waals surface area contributed by atoms with Gasteiger partial charge in [-0.15, -0.1) is 0 Å². The number of benzene rings is 1. The quantitative estimate of drug-likeness (QED) is 0.457. The predicted octanol–water partition coefficient (Wildman–Crippen LogP) is 1.52. The third kappa shape index (κ3) is 3.45. The summed E-state index contributed by atoms with van der Waals surface area (Å²) < 4.78 is 5.39. The average molecular weight is 251 g/mol. The second-order valence-electron chi connectivity index (χ2n) is 4.82. The lowest BCUT2D eigenvalue weighted by atomic mass is 9.95. The van der Waals surface area contributed by atoms with Crippen LogP contribution in [0, 0.1) is 20.8 Å². The molecule has 1 rings (SSSR count). The zero-order chi connectivity index (χ0) is 13.7. The van der Waals surface area contributed by atoms with E-state index >= 15 is 0 Å². The highest BCUT2D eigenvalue weighted by molar-refractivity contribution is 5.48. The molecule has 3 N–H and O–H groups in total. The van der Waals surface area contributed by atoms with Gasteiger partial charge in [-0.25, -0.2) is 5.43 Å². The van der Waals surface area contributed by atoms with E-state index in [4.69, 9.17) is 10.6 Å². The van der Waals surface area contributed by atoms with Gasteiger partial charge in [0.2, 0.25) is 0 Å². The Morgan fingerprint density at radius 2 is 1.94 bits per heavy atom. The molecule has 0 unspecified atom stereocenters. The summed E-state index contributed by atoms with van der Waals surface area (Å²) in [5.41, 5.74) is 7.95. The Morgan fingerprint density at radius 3 is 2.50 bits per heavy atom. The van der Waals surface area contributed by atoms with Gasteiger partial charge in [-0.2, -0.15) is 0 Å². The van der Waals surface area contributed by atoms with E-state index in [2.05, 4.69) is 44.2 Å². The minimum Gasteiger partial charge on any atom is -0.496 e. The van der Waals surface area contributed by atoms with Crippen LogP contribution in [0.15, 0.2) is 6.07 Å². The smallest absolute Gasteiger partial charge is 0.122 e. The molecule has 1 aromatic rings. The molecule has 0 saturated heterocycles. The van der Waals surface area contributed by atoms with Crippen LogP contribution in [0.3, 0.4) is 0 Å². The minimum atomic E-state index is 0.702. The fourth-order valence-corrected chi connectivity index (χ4v) is 2.23. The summed E-state index contributed by atoms with van der Waals surface area (Å²) in [6.45, 7) is 8.11. The number of nitrogens with two attached hydrogens (primary N) is 1. The molecule has 0 bridgehead atoms. The molecule has 0 aliphatic carbocycles. The first-order valence-corrected chi connectivity index (χ1v) is 6.27. The van der Waals surface area contributed by atoms with Crippen molar-refractivity contribution in [1.82, 2.24) is 10.3 Å². The lowest BCUT2D eigenvalue weighted by molar-refractivity contribution is 0.312. The highest BCUT2D eigenvalue weighted by Crippen LogP contribution is 2.27. The predicted molar refractivity (Wildman–Crippen MR) is 75.7 cm³/mol. The number of rotatable bonds is 6. The maximum Gasteiger partial charge on any atom is 0.122 e. The highest BCUT2D eigenvalue weighted by Gasteiger charge is 2.11. The van der Waals surface area contributed by atoms with Gasteiger partial charge in [0.25, 0.3) is 0 Å². The highest BCUT2D eigenvalue weighted by atomic mass is 16.5. The SMILES string of the molecule is COc1cc(C)c(CCN(C)CNN)c(C)c1C. The van der Waals surface area contributed by atoms with Crippen molar-refractivity contribution in [2.24, 2.45) is 5.84 Å². The lowest BCUT2D eigenvalue weighted by Crippen LogP contribution is -2.36. The summed E-state index contributed by atoms with van der Waals surface area (Å²) in [5.74, 6) is 6.29. The van der Waals surface area contributed by atoms with Gasteiger partial charge >= 0.3 is 0 Å². The van der Waals surface area contributed by atoms with Crippen LogP contribution in [0.2, 0.25) is 0 Å². The van der Waals surface area contributed by atoms with E-state index in [9.17, 15) is 0 Å². The van der Waals surface area contributed by atoms with Crippen LogP contribution in [0.25, 0.3) is 0 Å². The van der Waals surface area contributed by atoms with Crippen LogP contribution in [-0.4, -0.2) is 32.3 Å². The van der Waals surface area contributed by atoms with Crippen molar-refractivity contribution >= 4 is 0 Å². The molecule has 0 aliphatic heterocycles. The van der Waals surface area contributed by atoms with Crippen molar-refractivity contribution in [2.75, 3.05) is 27.4 Å². The number of nitrogens with one attached hydrogen (secondary N) is 1. The van der Waals surface area contributed by atoms with Crippen molar-refractivity contribution in [3.8, 4) is 5.75 Å². The third-order valence-electron chi connectivity index (χ3n) is 3.53. The molecule has 102 valence electrons. The van der Waals surface area contributed by atoms with Crippen molar-refractivity contribution in [3.63, 3.8) is 0 Å². The van der Waals surface area contributed by atoms with Gasteiger partial charge in [-0.05, 0) is 62.6 Å². The Labute approximate surface area is 110 Å². The van der Waals surface area contributed by atoms with E-state index in [1.165, 1.54) is 22.3 Å². The number of ether oxygens (including phenoxy) is 1. The largest absolute Gasteiger partial charge is 0.496 e. The molecule has 0 saturated carbocycles. The van der Waals surface area contributed by atoms with Gasteiger partial charge in [-0.1, -0.05) is 0 Å². The van der Waals surface area contributed by atoms with Crippen molar-refractivity contribution in [1.29, 1.82) is 0 Å². The molecule has 0 aromatic heterocycles. The van der Waals surface area contributed by atoms with Crippen molar-refractivity contribution in [3.05, 3.63) is 28.3 Å². The van der Waals surface area contributed by atoms with Crippen molar-refractivity contribution in [2.45, 2.75) is 27.2 Å². The molecule has 1 aromatic carbocycles. The average Bonchev–Trinajstić information content (AvgIpc) is 2.34. The molecule has 18 heavy (non-hydrogen) atoms. The molecule has 0 fully saturated rings. The molecule has 0 radical (unpaired) electrons. The first kappa shape index (κ1) is 15.0. The van der Waals surface area contributed by atoms with Crippen LogP contribution < -0.4 is 16.0 Å². The molecule has 0 spiro atoms. The van der Waals surface area contributed by atoms with Crippen molar-refractivity contribution < 1.29 is 4.74 Å². The summed E-state index contributed by atoms with van der Waals surface area (Å²) in [7, 11) is 3.78. The summed E-state index contributed by atoms with van der Waals surface area (Å²) in [6.07, 6.45) is 1.03. The Hall–Kier alpha value is -1.10. The number of hydrogen-bond donors (Lipinski definition) is 2. The van der Waals surface area contributed by atoms with Gasteiger partial charge in [0.05, 0.1) is 13.8 Å². The lowest BCUT2D eigenvalue weighted by Gasteiger charge is -2.19. The Bertz CT molecular complexity index is 405. The maximum absolute atomic E-state index is 5.39. The van der Waals surface area contributed by atoms with Crippen LogP contribution in [0.5, 0.6) is 5.75 Å². The van der Waals surface area contributed by atoms with E-state index in [1.807, 2.05) is 0 Å². The van der Waals surface area contributed by atoms with Crippen LogP contribution >= 0.6 is 0 Å². The summed E-state index contributed by atoms with van der Waals surface area (Å²) >= 11 is 0. The summed E-state index contributed by atoms with van der Waals surface area (Å²) in [6, 6.07) is 2.12. The molecule has 0 heterocycles. The fraction of sp³-hybridized carbons (Fsp3) is 0.571. The van der Waals surface area contributed by atoms with Crippen LogP contribution in [0.4, 0.5) is 0 Å². The summed E-state index contributed by atoms with van der Waals surface area (Å²) in [5, 5.41) is 0. The number of methoxy groups -OCH3 is 1. The minimum absolute atomic E-state index is 0.702. The Balaban J connectivity index is 2.86. The van der Waals surface area contributed by atoms with Gasteiger partial charge in [0, 0.05) is 6.54 Å². The van der Waals surface area contributed by atoms with Gasteiger partial charge in [-0.3, -0.25) is 10.7 Å². The Kier molecular flexibility index (Phi) is 5.59. The normalized spacial score (nSPS) is 11.1. The van der Waals surface area contributed by atoms with E-state index < -0.39 is 0 Å². The number of hydrogen-bond acceptors (Lipinski definition) is 4. The van der Waals surface area contributed by atoms with E-state index in [1.54, 1.807) is 7.11 Å². The number of hydrazine groups is 1. The van der Waals surface area contributed by atoms with Gasteiger partial charge in [0.15, 0.2) is 0 Å². The number of likely N-dealkylation sites (N-methyl/N-ethyl adjacent to an activating group) is 1. The topological polar surface area (TPSA) is 50.5 Å². The molecule has 0 atom stereocenters. The fourth-order valence-electron chi connectivity index (χ4n) is 2.23. The first-order chi connectivity index (χ1) is 8.51. The zero-order valence-electron chi connectivity index (χ0n) is 12.1. The van der Waals surface area contributed by atoms with Crippen LogP contribution in [0.1, 0.15) is 22.3 Å². The molecule has 0 amide bonds. The second kappa shape index (κ2) is 6.73. The third-order valence-corrected chi connectivity index (χ3v) is 3.53. The van der Waals surface area contributed by atoms with Gasteiger partial charge < -0.3 is 4.74 Å². The molecule has 4 nitrogen and oxygen atoms in total. The monoisotopic (exact) mass is 251 g/mol. The van der Waals surface area contributed by atoms with Gasteiger partial charge in [0.1, 0.15) is 5.75 Å². The maximum atomic E-state index is 5.39. The van der Waals surface area contributed by atoms with E-state index in [-0.39, 0.29) is 0 Å². The zero-order valence-corrected chi connectivity index (χ0v) is 12.1.